The second-order valence-corrected chi connectivity index (χ2v) is 7.39. The molecule has 0 aliphatic heterocycles. The van der Waals surface area contributed by atoms with E-state index < -0.39 is 0 Å². The third-order valence-corrected chi connectivity index (χ3v) is 5.01. The highest BCUT2D eigenvalue weighted by Crippen LogP contribution is 2.18. The van der Waals surface area contributed by atoms with Crippen LogP contribution in [0.15, 0.2) is 42.5 Å². The summed E-state index contributed by atoms with van der Waals surface area (Å²) in [6, 6.07) is 13.3. The van der Waals surface area contributed by atoms with Crippen LogP contribution in [0.5, 0.6) is 5.75 Å². The van der Waals surface area contributed by atoms with E-state index in [0.29, 0.717) is 35.8 Å². The Morgan fingerprint density at radius 1 is 1.17 bits per heavy atom. The highest BCUT2D eigenvalue weighted by molar-refractivity contribution is 5.97. The molecule has 2 amide bonds. The number of nitrogens with one attached hydrogen (secondary N) is 2. The Labute approximate surface area is 174 Å². The van der Waals surface area contributed by atoms with Gasteiger partial charge in [0, 0.05) is 24.7 Å². The molecular weight excluding hydrogens is 382 g/mol. The standard InChI is InChI=1S/C22H25N5O3/c1-2-27-20-10-5-16(13-19(20)25-26-27)22(29)23-12-11-15-3-8-18(9-4-15)30-14-21(28)24-17-6-7-17/h3-5,8-10,13,17H,2,6-7,11-12,14H2,1H3,(H,23,29)(H,24,28). The molecule has 1 heterocycles. The molecule has 1 aliphatic carbocycles. The average Bonchev–Trinajstić information content (AvgIpc) is 3.48. The number of aromatic nitrogens is 3. The Morgan fingerprint density at radius 2 is 1.97 bits per heavy atom. The van der Waals surface area contributed by atoms with E-state index in [1.807, 2.05) is 37.3 Å². The first-order valence-corrected chi connectivity index (χ1v) is 10.2. The van der Waals surface area contributed by atoms with Crippen molar-refractivity contribution in [1.29, 1.82) is 0 Å². The van der Waals surface area contributed by atoms with Gasteiger partial charge in [-0.15, -0.1) is 5.10 Å². The monoisotopic (exact) mass is 407 g/mol. The lowest BCUT2D eigenvalue weighted by Crippen LogP contribution is -2.30. The van der Waals surface area contributed by atoms with Crippen molar-refractivity contribution < 1.29 is 14.3 Å². The first-order chi connectivity index (χ1) is 14.6. The average molecular weight is 407 g/mol. The molecule has 1 fully saturated rings. The van der Waals surface area contributed by atoms with Crippen molar-refractivity contribution in [2.24, 2.45) is 0 Å². The van der Waals surface area contributed by atoms with E-state index in [0.717, 1.165) is 30.5 Å². The van der Waals surface area contributed by atoms with Gasteiger partial charge < -0.3 is 15.4 Å². The number of carbonyl (C=O) groups is 2. The van der Waals surface area contributed by atoms with Crippen molar-refractivity contribution in [3.8, 4) is 5.75 Å². The van der Waals surface area contributed by atoms with Gasteiger partial charge >= 0.3 is 0 Å². The summed E-state index contributed by atoms with van der Waals surface area (Å²) >= 11 is 0. The van der Waals surface area contributed by atoms with Gasteiger partial charge in [-0.05, 0) is 62.1 Å². The quantitative estimate of drug-likeness (QED) is 0.566. The molecule has 0 saturated heterocycles. The number of benzene rings is 2. The molecule has 8 nitrogen and oxygen atoms in total. The van der Waals surface area contributed by atoms with Crippen molar-refractivity contribution in [2.45, 2.75) is 38.8 Å². The number of rotatable bonds is 9. The third-order valence-electron chi connectivity index (χ3n) is 5.01. The lowest BCUT2D eigenvalue weighted by atomic mass is 10.1. The molecule has 156 valence electrons. The topological polar surface area (TPSA) is 98.1 Å². The van der Waals surface area contributed by atoms with Crippen LogP contribution in [0.1, 0.15) is 35.7 Å². The number of hydrogen-bond acceptors (Lipinski definition) is 5. The van der Waals surface area contributed by atoms with Crippen LogP contribution < -0.4 is 15.4 Å². The van der Waals surface area contributed by atoms with Gasteiger partial charge in [-0.3, -0.25) is 9.59 Å². The third kappa shape index (κ3) is 4.94. The van der Waals surface area contributed by atoms with Crippen molar-refractivity contribution in [3.63, 3.8) is 0 Å². The molecule has 4 rings (SSSR count). The molecule has 30 heavy (non-hydrogen) atoms. The summed E-state index contributed by atoms with van der Waals surface area (Å²) in [5.74, 6) is 0.437. The van der Waals surface area contributed by atoms with Gasteiger partial charge in [-0.2, -0.15) is 0 Å². The fraction of sp³-hybridized carbons (Fsp3) is 0.364. The van der Waals surface area contributed by atoms with Gasteiger partial charge in [-0.1, -0.05) is 17.3 Å². The maximum atomic E-state index is 12.4. The fourth-order valence-corrected chi connectivity index (χ4v) is 3.17. The number of hydrogen-bond donors (Lipinski definition) is 2. The summed E-state index contributed by atoms with van der Waals surface area (Å²) in [4.78, 5) is 24.1. The Bertz CT molecular complexity index is 1040. The minimum atomic E-state index is -0.135. The Morgan fingerprint density at radius 3 is 2.70 bits per heavy atom. The van der Waals surface area contributed by atoms with Crippen molar-refractivity contribution in [3.05, 3.63) is 53.6 Å². The van der Waals surface area contributed by atoms with Gasteiger partial charge in [-0.25, -0.2) is 4.68 Å². The van der Waals surface area contributed by atoms with E-state index in [9.17, 15) is 9.59 Å². The fourth-order valence-electron chi connectivity index (χ4n) is 3.17. The van der Waals surface area contributed by atoms with Gasteiger partial charge in [0.15, 0.2) is 6.61 Å². The normalized spacial score (nSPS) is 13.2. The summed E-state index contributed by atoms with van der Waals surface area (Å²) in [6.45, 7) is 3.28. The predicted molar refractivity (Wildman–Crippen MR) is 112 cm³/mol. The molecular formula is C22H25N5O3. The number of carbonyl (C=O) groups excluding carboxylic acids is 2. The maximum Gasteiger partial charge on any atom is 0.258 e. The van der Waals surface area contributed by atoms with Crippen LogP contribution in [0.2, 0.25) is 0 Å². The largest absolute Gasteiger partial charge is 0.484 e. The summed E-state index contributed by atoms with van der Waals surface area (Å²) in [5.41, 5.74) is 3.28. The number of nitrogens with zero attached hydrogens (tertiary/aromatic N) is 3. The van der Waals surface area contributed by atoms with Crippen LogP contribution in [0.25, 0.3) is 11.0 Å². The zero-order valence-corrected chi connectivity index (χ0v) is 16.9. The van der Waals surface area contributed by atoms with Gasteiger partial charge in [0.05, 0.1) is 5.52 Å². The second kappa shape index (κ2) is 8.94. The molecule has 0 atom stereocenters. The summed E-state index contributed by atoms with van der Waals surface area (Å²) in [6.07, 6.45) is 2.82. The van der Waals surface area contributed by atoms with E-state index in [2.05, 4.69) is 20.9 Å². The highest BCUT2D eigenvalue weighted by atomic mass is 16.5. The Hall–Kier alpha value is -3.42. The lowest BCUT2D eigenvalue weighted by molar-refractivity contribution is -0.123. The van der Waals surface area contributed by atoms with Crippen LogP contribution in [-0.2, 0) is 17.8 Å². The van der Waals surface area contributed by atoms with Gasteiger partial charge in [0.25, 0.3) is 11.8 Å². The van der Waals surface area contributed by atoms with Crippen LogP contribution in [0, 0.1) is 0 Å². The van der Waals surface area contributed by atoms with Crippen LogP contribution in [-0.4, -0.2) is 46.0 Å². The minimum absolute atomic E-state index is 0.0300. The van der Waals surface area contributed by atoms with E-state index in [1.54, 1.807) is 16.8 Å². The van der Waals surface area contributed by atoms with Crippen LogP contribution in [0.3, 0.4) is 0 Å². The van der Waals surface area contributed by atoms with E-state index in [-0.39, 0.29) is 18.4 Å². The van der Waals surface area contributed by atoms with Crippen molar-refractivity contribution >= 4 is 22.8 Å². The van der Waals surface area contributed by atoms with E-state index >= 15 is 0 Å². The molecule has 1 aromatic heterocycles. The molecule has 0 spiro atoms. The molecule has 2 N–H and O–H groups in total. The molecule has 0 radical (unpaired) electrons. The number of aryl methyl sites for hydroxylation is 1. The van der Waals surface area contributed by atoms with Gasteiger partial charge in [0.1, 0.15) is 11.3 Å². The van der Waals surface area contributed by atoms with Crippen LogP contribution in [0.4, 0.5) is 0 Å². The Balaban J connectivity index is 1.23. The SMILES string of the molecule is CCn1nnc2cc(C(=O)NCCc3ccc(OCC(=O)NC4CC4)cc3)ccc21. The smallest absolute Gasteiger partial charge is 0.258 e. The number of ether oxygens (including phenoxy) is 1. The number of fused-ring (bicyclic) bond motifs is 1. The second-order valence-electron chi connectivity index (χ2n) is 7.39. The molecule has 0 unspecified atom stereocenters. The summed E-state index contributed by atoms with van der Waals surface area (Å²) in [7, 11) is 0. The lowest BCUT2D eigenvalue weighted by Gasteiger charge is -2.08. The molecule has 1 saturated carbocycles. The first-order valence-electron chi connectivity index (χ1n) is 10.2. The van der Waals surface area contributed by atoms with Gasteiger partial charge in [0.2, 0.25) is 0 Å². The van der Waals surface area contributed by atoms with Crippen LogP contribution >= 0.6 is 0 Å². The van der Waals surface area contributed by atoms with Crippen molar-refractivity contribution in [1.82, 2.24) is 25.6 Å². The zero-order valence-electron chi connectivity index (χ0n) is 16.9. The summed E-state index contributed by atoms with van der Waals surface area (Å²) in [5, 5.41) is 14.0. The summed E-state index contributed by atoms with van der Waals surface area (Å²) < 4.78 is 7.30. The number of amides is 2. The highest BCUT2D eigenvalue weighted by Gasteiger charge is 2.23. The van der Waals surface area contributed by atoms with E-state index in [4.69, 9.17) is 4.74 Å². The Kier molecular flexibility index (Phi) is 5.92. The maximum absolute atomic E-state index is 12.4. The first kappa shape index (κ1) is 19.9. The predicted octanol–water partition coefficient (Wildman–Crippen LogP) is 2.08. The van der Waals surface area contributed by atoms with E-state index in [1.165, 1.54) is 0 Å². The zero-order chi connectivity index (χ0) is 20.9. The molecule has 2 aromatic carbocycles. The minimum Gasteiger partial charge on any atom is -0.484 e. The molecule has 0 bridgehead atoms. The van der Waals surface area contributed by atoms with Crippen molar-refractivity contribution in [2.75, 3.05) is 13.2 Å². The molecule has 1 aliphatic rings. The molecule has 3 aromatic rings. The molecule has 8 heteroatoms.